The van der Waals surface area contributed by atoms with Crippen LogP contribution in [0.2, 0.25) is 0 Å². The molecule has 0 spiro atoms. The maximum Gasteiger partial charge on any atom is 0.422 e. The molecule has 1 aromatic rings. The lowest BCUT2D eigenvalue weighted by molar-refractivity contribution is -0.153. The first-order chi connectivity index (χ1) is 12.2. The Morgan fingerprint density at radius 2 is 1.96 bits per heavy atom. The molecular weight excluding hydrogens is 498 g/mol. The quantitative estimate of drug-likeness (QED) is 0.342. The summed E-state index contributed by atoms with van der Waals surface area (Å²) in [6.45, 7) is 1.49. The first-order valence-electron chi connectivity index (χ1n) is 8.20. The Balaban J connectivity index is 0.00000364. The van der Waals surface area contributed by atoms with Gasteiger partial charge >= 0.3 is 6.18 Å². The maximum atomic E-state index is 12.1. The van der Waals surface area contributed by atoms with Crippen LogP contribution in [0.15, 0.2) is 29.3 Å². The highest BCUT2D eigenvalue weighted by Gasteiger charge is 2.29. The van der Waals surface area contributed by atoms with Gasteiger partial charge in [-0.05, 0) is 31.0 Å². The Morgan fingerprint density at radius 3 is 2.48 bits per heavy atom. The fourth-order valence-electron chi connectivity index (χ4n) is 2.45. The number of hydrogen-bond donors (Lipinski definition) is 2. The van der Waals surface area contributed by atoms with Gasteiger partial charge in [0, 0.05) is 12.6 Å². The molecule has 0 radical (unpaired) electrons. The molecule has 1 fully saturated rings. The minimum absolute atomic E-state index is 0. The zero-order valence-electron chi connectivity index (χ0n) is 14.8. The number of sulfone groups is 1. The third-order valence-electron chi connectivity index (χ3n) is 3.66. The van der Waals surface area contributed by atoms with Gasteiger partial charge in [-0.3, -0.25) is 0 Å². The second kappa shape index (κ2) is 10.3. The van der Waals surface area contributed by atoms with Crippen molar-refractivity contribution in [3.05, 3.63) is 29.8 Å². The predicted molar refractivity (Wildman–Crippen MR) is 108 cm³/mol. The van der Waals surface area contributed by atoms with Crippen LogP contribution in [0, 0.1) is 0 Å². The largest absolute Gasteiger partial charge is 0.484 e. The number of nitrogens with zero attached hydrogens (tertiary/aromatic N) is 1. The lowest BCUT2D eigenvalue weighted by Crippen LogP contribution is -2.44. The molecule has 0 bridgehead atoms. The van der Waals surface area contributed by atoms with Gasteiger partial charge in [0.25, 0.3) is 0 Å². The van der Waals surface area contributed by atoms with Crippen LogP contribution in [0.4, 0.5) is 13.2 Å². The smallest absolute Gasteiger partial charge is 0.422 e. The topological polar surface area (TPSA) is 79.8 Å². The highest BCUT2D eigenvalue weighted by Crippen LogP contribution is 2.19. The highest BCUT2D eigenvalue weighted by molar-refractivity contribution is 14.0. The highest BCUT2D eigenvalue weighted by atomic mass is 127. The first kappa shape index (κ1) is 23.8. The average Bonchev–Trinajstić information content (AvgIpc) is 2.90. The molecule has 0 amide bonds. The predicted octanol–water partition coefficient (Wildman–Crippen LogP) is 2.49. The maximum absolute atomic E-state index is 12.1. The van der Waals surface area contributed by atoms with Crippen molar-refractivity contribution in [2.45, 2.75) is 32.1 Å². The van der Waals surface area contributed by atoms with Crippen molar-refractivity contribution in [1.82, 2.24) is 10.6 Å². The van der Waals surface area contributed by atoms with E-state index in [0.29, 0.717) is 25.5 Å². The third-order valence-corrected chi connectivity index (χ3v) is 5.43. The number of halogens is 4. The van der Waals surface area contributed by atoms with Gasteiger partial charge in [0.05, 0.1) is 18.1 Å². The Labute approximate surface area is 173 Å². The van der Waals surface area contributed by atoms with Crippen LogP contribution >= 0.6 is 24.0 Å². The van der Waals surface area contributed by atoms with Crippen LogP contribution in [-0.2, 0) is 16.4 Å². The molecule has 1 heterocycles. The molecule has 1 aliphatic heterocycles. The zero-order valence-corrected chi connectivity index (χ0v) is 17.9. The number of ether oxygens (including phenoxy) is 1. The molecular formula is C16H23F3IN3O3S. The zero-order chi connectivity index (χ0) is 19.2. The van der Waals surface area contributed by atoms with Gasteiger partial charge in [-0.1, -0.05) is 12.1 Å². The van der Waals surface area contributed by atoms with Crippen molar-refractivity contribution in [3.63, 3.8) is 0 Å². The summed E-state index contributed by atoms with van der Waals surface area (Å²) in [4.78, 5) is 4.39. The minimum atomic E-state index is -4.37. The van der Waals surface area contributed by atoms with Crippen LogP contribution in [0.1, 0.15) is 18.9 Å². The van der Waals surface area contributed by atoms with E-state index in [0.717, 1.165) is 5.56 Å². The molecule has 0 aromatic heterocycles. The molecule has 27 heavy (non-hydrogen) atoms. The van der Waals surface area contributed by atoms with E-state index in [4.69, 9.17) is 0 Å². The molecule has 2 N–H and O–H groups in total. The standard InChI is InChI=1S/C16H22F3N3O3S.HI/c1-2-20-15(22-13-7-8-26(23,24)10-13)21-9-12-3-5-14(6-4-12)25-11-16(17,18)19;/h3-6,13H,2,7-11H2,1H3,(H2,20,21,22);1H. The summed E-state index contributed by atoms with van der Waals surface area (Å²) < 4.78 is 64.1. The van der Waals surface area contributed by atoms with E-state index >= 15 is 0 Å². The molecule has 1 saturated heterocycles. The summed E-state index contributed by atoms with van der Waals surface area (Å²) in [5, 5.41) is 6.15. The van der Waals surface area contributed by atoms with Crippen molar-refractivity contribution >= 4 is 39.8 Å². The van der Waals surface area contributed by atoms with Gasteiger partial charge in [0.15, 0.2) is 22.4 Å². The van der Waals surface area contributed by atoms with Crippen LogP contribution in [0.3, 0.4) is 0 Å². The first-order valence-corrected chi connectivity index (χ1v) is 10.0. The van der Waals surface area contributed by atoms with Gasteiger partial charge in [-0.2, -0.15) is 13.2 Å². The number of rotatable bonds is 6. The normalized spacial score (nSPS) is 19.3. The van der Waals surface area contributed by atoms with E-state index in [1.165, 1.54) is 12.1 Å². The van der Waals surface area contributed by atoms with Crippen LogP contribution in [0.25, 0.3) is 0 Å². The minimum Gasteiger partial charge on any atom is -0.484 e. The molecule has 1 aromatic carbocycles. The Hall–Kier alpha value is -1.24. The summed E-state index contributed by atoms with van der Waals surface area (Å²) in [5.41, 5.74) is 0.792. The second-order valence-electron chi connectivity index (χ2n) is 5.99. The monoisotopic (exact) mass is 521 g/mol. The van der Waals surface area contributed by atoms with Gasteiger partial charge in [0.2, 0.25) is 0 Å². The van der Waals surface area contributed by atoms with Gasteiger partial charge in [-0.15, -0.1) is 24.0 Å². The molecule has 11 heteroatoms. The summed E-state index contributed by atoms with van der Waals surface area (Å²) in [5.74, 6) is 0.898. The summed E-state index contributed by atoms with van der Waals surface area (Å²) in [7, 11) is -2.98. The molecule has 1 atom stereocenters. The summed E-state index contributed by atoms with van der Waals surface area (Å²) in [6.07, 6.45) is -3.83. The van der Waals surface area contributed by atoms with E-state index in [-0.39, 0.29) is 47.3 Å². The number of alkyl halides is 3. The molecule has 6 nitrogen and oxygen atoms in total. The molecule has 1 aliphatic rings. The fraction of sp³-hybridized carbons (Fsp3) is 0.562. The fourth-order valence-corrected chi connectivity index (χ4v) is 4.12. The lowest BCUT2D eigenvalue weighted by Gasteiger charge is -2.15. The van der Waals surface area contributed by atoms with Crippen molar-refractivity contribution in [2.24, 2.45) is 4.99 Å². The summed E-state index contributed by atoms with van der Waals surface area (Å²) in [6, 6.07) is 6.02. The Kier molecular flexibility index (Phi) is 9.12. The van der Waals surface area contributed by atoms with Gasteiger partial charge < -0.3 is 15.4 Å². The van der Waals surface area contributed by atoms with Crippen molar-refractivity contribution in [3.8, 4) is 5.75 Å². The Morgan fingerprint density at radius 1 is 1.30 bits per heavy atom. The van der Waals surface area contributed by atoms with Crippen molar-refractivity contribution in [2.75, 3.05) is 24.7 Å². The average molecular weight is 521 g/mol. The number of benzene rings is 1. The molecule has 2 rings (SSSR count). The lowest BCUT2D eigenvalue weighted by atomic mass is 10.2. The molecule has 1 unspecified atom stereocenters. The second-order valence-corrected chi connectivity index (χ2v) is 8.22. The van der Waals surface area contributed by atoms with E-state index in [1.54, 1.807) is 12.1 Å². The van der Waals surface area contributed by atoms with E-state index in [1.807, 2.05) is 6.92 Å². The van der Waals surface area contributed by atoms with Gasteiger partial charge in [-0.25, -0.2) is 13.4 Å². The molecule has 0 saturated carbocycles. The molecule has 0 aliphatic carbocycles. The summed E-state index contributed by atoms with van der Waals surface area (Å²) >= 11 is 0. The SMILES string of the molecule is CCNC(=NCc1ccc(OCC(F)(F)F)cc1)NC1CCS(=O)(=O)C1.I. The van der Waals surface area contributed by atoms with E-state index in [2.05, 4.69) is 20.4 Å². The van der Waals surface area contributed by atoms with Crippen LogP contribution in [0.5, 0.6) is 5.75 Å². The number of aliphatic imine (C=N–C) groups is 1. The Bertz CT molecular complexity index is 725. The number of guanidine groups is 1. The van der Waals surface area contributed by atoms with E-state index < -0.39 is 22.6 Å². The number of nitrogens with one attached hydrogen (secondary N) is 2. The van der Waals surface area contributed by atoms with Crippen molar-refractivity contribution < 1.29 is 26.3 Å². The van der Waals surface area contributed by atoms with Crippen LogP contribution < -0.4 is 15.4 Å². The van der Waals surface area contributed by atoms with E-state index in [9.17, 15) is 21.6 Å². The molecule has 154 valence electrons. The van der Waals surface area contributed by atoms with Crippen molar-refractivity contribution in [1.29, 1.82) is 0 Å². The number of hydrogen-bond acceptors (Lipinski definition) is 4. The van der Waals surface area contributed by atoms with Gasteiger partial charge in [0.1, 0.15) is 5.75 Å². The third kappa shape index (κ3) is 9.00. The van der Waals surface area contributed by atoms with Crippen LogP contribution in [-0.4, -0.2) is 51.3 Å².